The van der Waals surface area contributed by atoms with Gasteiger partial charge in [-0.25, -0.2) is 9.78 Å². The maximum Gasteiger partial charge on any atom is 0.330 e. The Bertz CT molecular complexity index is 920. The van der Waals surface area contributed by atoms with E-state index in [0.717, 1.165) is 25.7 Å². The lowest BCUT2D eigenvalue weighted by Gasteiger charge is -2.07. The molecule has 142 valence electrons. The monoisotopic (exact) mass is 362 g/mol. The summed E-state index contributed by atoms with van der Waals surface area (Å²) in [5.41, 5.74) is -0.416. The molecule has 8 heteroatoms. The van der Waals surface area contributed by atoms with Crippen LogP contribution in [0, 0.1) is 0 Å². The Morgan fingerprint density at radius 2 is 1.77 bits per heavy atom. The first-order valence-electron chi connectivity index (χ1n) is 9.06. The Hall–Kier alpha value is -2.51. The molecule has 2 aromatic heterocycles. The van der Waals surface area contributed by atoms with E-state index in [1.54, 1.807) is 11.5 Å². The Morgan fingerprint density at radius 3 is 2.38 bits per heavy atom. The molecular formula is C18H26N4O4. The number of imidazole rings is 1. The predicted molar refractivity (Wildman–Crippen MR) is 98.4 cm³/mol. The van der Waals surface area contributed by atoms with Gasteiger partial charge >= 0.3 is 5.69 Å². The van der Waals surface area contributed by atoms with Crippen LogP contribution in [0.25, 0.3) is 11.2 Å². The number of aryl methyl sites for hydroxylation is 2. The van der Waals surface area contributed by atoms with Crippen LogP contribution >= 0.6 is 0 Å². The fourth-order valence-corrected chi connectivity index (χ4v) is 2.98. The molecule has 0 fully saturated rings. The molecule has 0 unspecified atom stereocenters. The molecule has 0 spiro atoms. The van der Waals surface area contributed by atoms with Gasteiger partial charge in [-0.2, -0.15) is 0 Å². The van der Waals surface area contributed by atoms with Gasteiger partial charge in [0.2, 0.25) is 0 Å². The fourth-order valence-electron chi connectivity index (χ4n) is 2.98. The number of rotatable bonds is 10. The second kappa shape index (κ2) is 8.73. The normalized spacial score (nSPS) is 11.2. The van der Waals surface area contributed by atoms with E-state index < -0.39 is 11.2 Å². The number of carbonyl (C=O) groups is 2. The summed E-state index contributed by atoms with van der Waals surface area (Å²) < 4.78 is 3.07. The zero-order chi connectivity index (χ0) is 19.3. The quantitative estimate of drug-likeness (QED) is 0.646. The zero-order valence-corrected chi connectivity index (χ0v) is 15.6. The second-order valence-corrected chi connectivity index (χ2v) is 6.66. The number of hydrogen-bond donors (Lipinski definition) is 1. The number of Topliss-reactive ketones (excluding diaryl/α,β-unsaturated/α-hetero) is 2. The highest BCUT2D eigenvalue weighted by Gasteiger charge is 2.19. The molecule has 0 saturated carbocycles. The number of carbonyl (C=O) groups excluding carboxylic acids is 2. The Kier molecular flexibility index (Phi) is 6.65. The highest BCUT2D eigenvalue weighted by molar-refractivity contribution is 5.79. The van der Waals surface area contributed by atoms with Crippen LogP contribution in [0.3, 0.4) is 0 Å². The topological polar surface area (TPSA) is 107 Å². The number of fused-ring (bicyclic) bond motifs is 1. The molecule has 0 atom stereocenters. The van der Waals surface area contributed by atoms with Crippen molar-refractivity contribution in [1.82, 2.24) is 19.1 Å². The van der Waals surface area contributed by atoms with Gasteiger partial charge in [-0.05, 0) is 33.1 Å². The molecule has 0 aliphatic rings. The number of H-pyrrole nitrogens is 1. The van der Waals surface area contributed by atoms with Gasteiger partial charge in [-0.1, -0.05) is 13.3 Å². The third-order valence-electron chi connectivity index (χ3n) is 4.26. The molecule has 0 aliphatic heterocycles. The molecule has 0 saturated heterocycles. The summed E-state index contributed by atoms with van der Waals surface area (Å²) in [6.07, 6.45) is 4.16. The van der Waals surface area contributed by atoms with Gasteiger partial charge < -0.3 is 9.36 Å². The zero-order valence-electron chi connectivity index (χ0n) is 15.6. The van der Waals surface area contributed by atoms with E-state index in [9.17, 15) is 19.2 Å². The molecule has 0 amide bonds. The largest absolute Gasteiger partial charge is 0.330 e. The van der Waals surface area contributed by atoms with Gasteiger partial charge in [0, 0.05) is 19.4 Å². The van der Waals surface area contributed by atoms with Crippen LogP contribution < -0.4 is 11.2 Å². The van der Waals surface area contributed by atoms with Crippen molar-refractivity contribution in [2.24, 2.45) is 0 Å². The van der Waals surface area contributed by atoms with Crippen molar-refractivity contribution in [1.29, 1.82) is 0 Å². The van der Waals surface area contributed by atoms with Crippen LogP contribution in [-0.2, 0) is 29.1 Å². The first kappa shape index (κ1) is 19.8. The number of unbranched alkanes of at least 4 members (excludes halogenated alkanes) is 2. The van der Waals surface area contributed by atoms with Gasteiger partial charge in [0.1, 0.15) is 17.4 Å². The second-order valence-electron chi connectivity index (χ2n) is 6.66. The average molecular weight is 362 g/mol. The van der Waals surface area contributed by atoms with E-state index in [1.165, 1.54) is 11.5 Å². The highest BCUT2D eigenvalue weighted by Crippen LogP contribution is 2.15. The van der Waals surface area contributed by atoms with Crippen molar-refractivity contribution in [2.45, 2.75) is 72.4 Å². The third kappa shape index (κ3) is 4.56. The van der Waals surface area contributed by atoms with Crippen molar-refractivity contribution >= 4 is 22.7 Å². The SMILES string of the molecule is CCCCn1c(=O)[nH]c(=O)c2c1nc(CCCCC(C)=O)n2CC(C)=O. The van der Waals surface area contributed by atoms with Gasteiger partial charge in [0.15, 0.2) is 11.2 Å². The lowest BCUT2D eigenvalue weighted by Crippen LogP contribution is -2.31. The molecule has 0 bridgehead atoms. The van der Waals surface area contributed by atoms with Crippen molar-refractivity contribution in [2.75, 3.05) is 0 Å². The summed E-state index contributed by atoms with van der Waals surface area (Å²) >= 11 is 0. The summed E-state index contributed by atoms with van der Waals surface area (Å²) in [5, 5.41) is 0. The minimum Gasteiger partial charge on any atom is -0.315 e. The summed E-state index contributed by atoms with van der Waals surface area (Å²) in [5.74, 6) is 0.632. The molecule has 1 N–H and O–H groups in total. The molecular weight excluding hydrogens is 336 g/mol. The molecule has 8 nitrogen and oxygen atoms in total. The van der Waals surface area contributed by atoms with E-state index >= 15 is 0 Å². The van der Waals surface area contributed by atoms with E-state index in [4.69, 9.17) is 0 Å². The molecule has 2 aromatic rings. The molecule has 0 aliphatic carbocycles. The van der Waals surface area contributed by atoms with Crippen molar-refractivity contribution in [3.63, 3.8) is 0 Å². The molecule has 26 heavy (non-hydrogen) atoms. The number of nitrogens with one attached hydrogen (secondary N) is 1. The average Bonchev–Trinajstić information content (AvgIpc) is 2.89. The highest BCUT2D eigenvalue weighted by atomic mass is 16.2. The maximum absolute atomic E-state index is 12.4. The van der Waals surface area contributed by atoms with Gasteiger partial charge in [-0.15, -0.1) is 0 Å². The Balaban J connectivity index is 2.50. The van der Waals surface area contributed by atoms with Crippen LogP contribution in [0.1, 0.15) is 58.7 Å². The van der Waals surface area contributed by atoms with Crippen LogP contribution in [0.5, 0.6) is 0 Å². The molecule has 2 heterocycles. The maximum atomic E-state index is 12.4. The summed E-state index contributed by atoms with van der Waals surface area (Å²) in [6.45, 7) is 5.52. The summed E-state index contributed by atoms with van der Waals surface area (Å²) in [7, 11) is 0. The van der Waals surface area contributed by atoms with Crippen LogP contribution in [-0.4, -0.2) is 30.7 Å². The lowest BCUT2D eigenvalue weighted by molar-refractivity contribution is -0.118. The van der Waals surface area contributed by atoms with E-state index in [-0.39, 0.29) is 23.6 Å². The first-order chi connectivity index (χ1) is 12.3. The number of ketones is 2. The molecule has 2 rings (SSSR count). The summed E-state index contributed by atoms with van der Waals surface area (Å²) in [6, 6.07) is 0. The van der Waals surface area contributed by atoms with E-state index in [0.29, 0.717) is 30.9 Å². The first-order valence-corrected chi connectivity index (χ1v) is 9.06. The van der Waals surface area contributed by atoms with Crippen LogP contribution in [0.4, 0.5) is 0 Å². The number of aromatic amines is 1. The molecule has 0 aromatic carbocycles. The lowest BCUT2D eigenvalue weighted by atomic mass is 10.1. The van der Waals surface area contributed by atoms with Gasteiger partial charge in [0.25, 0.3) is 5.56 Å². The van der Waals surface area contributed by atoms with Crippen LogP contribution in [0.15, 0.2) is 9.59 Å². The smallest absolute Gasteiger partial charge is 0.315 e. The van der Waals surface area contributed by atoms with E-state index in [1.807, 2.05) is 6.92 Å². The Morgan fingerprint density at radius 1 is 1.04 bits per heavy atom. The summed E-state index contributed by atoms with van der Waals surface area (Å²) in [4.78, 5) is 54.2. The number of nitrogens with zero attached hydrogens (tertiary/aromatic N) is 3. The molecule has 0 radical (unpaired) electrons. The van der Waals surface area contributed by atoms with Crippen LogP contribution in [0.2, 0.25) is 0 Å². The standard InChI is InChI=1S/C18H26N4O4/c1-4-5-10-21-16-15(17(25)20-18(21)26)22(11-13(3)24)14(19-16)9-7-6-8-12(2)23/h4-11H2,1-3H3,(H,20,25,26). The van der Waals surface area contributed by atoms with E-state index in [2.05, 4.69) is 9.97 Å². The van der Waals surface area contributed by atoms with Crippen molar-refractivity contribution in [3.05, 3.63) is 26.7 Å². The predicted octanol–water partition coefficient (Wildman–Crippen LogP) is 1.58. The fraction of sp³-hybridized carbons (Fsp3) is 0.611. The number of hydrogen-bond acceptors (Lipinski definition) is 5. The van der Waals surface area contributed by atoms with Crippen molar-refractivity contribution in [3.8, 4) is 0 Å². The van der Waals surface area contributed by atoms with Gasteiger partial charge in [-0.3, -0.25) is 19.1 Å². The minimum atomic E-state index is -0.526. The van der Waals surface area contributed by atoms with Gasteiger partial charge in [0.05, 0.1) is 6.54 Å². The minimum absolute atomic E-state index is 0.0353. The van der Waals surface area contributed by atoms with Crippen molar-refractivity contribution < 1.29 is 9.59 Å². The Labute approximate surface area is 151 Å². The number of aromatic nitrogens is 4. The third-order valence-corrected chi connectivity index (χ3v) is 4.26.